The fourth-order valence-corrected chi connectivity index (χ4v) is 3.79. The number of nitrogens with zero attached hydrogens (tertiary/aromatic N) is 3. The molecule has 2 aromatic rings. The molecule has 1 aromatic heterocycles. The lowest BCUT2D eigenvalue weighted by atomic mass is 9.85. The van der Waals surface area contributed by atoms with Crippen LogP contribution in [0.15, 0.2) is 36.5 Å². The number of aromatic nitrogens is 2. The van der Waals surface area contributed by atoms with Crippen molar-refractivity contribution in [1.82, 2.24) is 9.97 Å². The standard InChI is InChI=1S/C22H30N4O/c1-4-26(21(27)19-12-10-16(2)11-13-19)20-14-15-23-22(25-20)24-17(3)18-8-6-5-7-9-18/h10-15,17-18H,4-9H2,1-3H3,(H,23,24,25)/t17-/m0/s1. The Hall–Kier alpha value is -2.43. The van der Waals surface area contributed by atoms with Crippen molar-refractivity contribution in [1.29, 1.82) is 0 Å². The lowest BCUT2D eigenvalue weighted by Crippen LogP contribution is -2.32. The number of aryl methyl sites for hydroxylation is 1. The summed E-state index contributed by atoms with van der Waals surface area (Å²) in [5, 5.41) is 3.46. The maximum Gasteiger partial charge on any atom is 0.259 e. The molecule has 3 rings (SSSR count). The minimum atomic E-state index is -0.0394. The minimum absolute atomic E-state index is 0.0394. The summed E-state index contributed by atoms with van der Waals surface area (Å²) in [4.78, 5) is 23.6. The van der Waals surface area contributed by atoms with Gasteiger partial charge in [-0.05, 0) is 57.7 Å². The second-order valence-electron chi connectivity index (χ2n) is 7.48. The second-order valence-corrected chi connectivity index (χ2v) is 7.48. The van der Waals surface area contributed by atoms with Crippen LogP contribution in [0, 0.1) is 12.8 Å². The van der Waals surface area contributed by atoms with Crippen molar-refractivity contribution in [3.63, 3.8) is 0 Å². The molecule has 0 saturated heterocycles. The van der Waals surface area contributed by atoms with E-state index in [9.17, 15) is 4.79 Å². The van der Waals surface area contributed by atoms with Crippen LogP contribution in [0.5, 0.6) is 0 Å². The summed E-state index contributed by atoms with van der Waals surface area (Å²) in [5.74, 6) is 1.86. The molecule has 1 fully saturated rings. The van der Waals surface area contributed by atoms with Crippen LogP contribution in [0.2, 0.25) is 0 Å². The molecule has 0 aliphatic heterocycles. The molecule has 0 unspecified atom stereocenters. The van der Waals surface area contributed by atoms with Crippen LogP contribution < -0.4 is 10.2 Å². The summed E-state index contributed by atoms with van der Waals surface area (Å²) in [7, 11) is 0. The average Bonchev–Trinajstić information content (AvgIpc) is 2.70. The molecular formula is C22H30N4O. The summed E-state index contributed by atoms with van der Waals surface area (Å²) in [5.41, 5.74) is 1.81. The fourth-order valence-electron chi connectivity index (χ4n) is 3.79. The van der Waals surface area contributed by atoms with Crippen LogP contribution in [-0.2, 0) is 0 Å². The average molecular weight is 367 g/mol. The third-order valence-electron chi connectivity index (χ3n) is 5.49. The van der Waals surface area contributed by atoms with Crippen molar-refractivity contribution in [2.75, 3.05) is 16.8 Å². The van der Waals surface area contributed by atoms with Gasteiger partial charge in [0.15, 0.2) is 0 Å². The molecule has 1 saturated carbocycles. The number of hydrogen-bond acceptors (Lipinski definition) is 4. The van der Waals surface area contributed by atoms with Gasteiger partial charge >= 0.3 is 0 Å². The highest BCUT2D eigenvalue weighted by Gasteiger charge is 2.22. The topological polar surface area (TPSA) is 58.1 Å². The number of amides is 1. The molecule has 0 bridgehead atoms. The maximum atomic E-state index is 12.9. The van der Waals surface area contributed by atoms with Gasteiger partial charge in [-0.2, -0.15) is 4.98 Å². The van der Waals surface area contributed by atoms with Crippen molar-refractivity contribution in [3.8, 4) is 0 Å². The van der Waals surface area contributed by atoms with Crippen LogP contribution in [0.1, 0.15) is 61.9 Å². The number of hydrogen-bond donors (Lipinski definition) is 1. The first-order valence-electron chi connectivity index (χ1n) is 10.1. The molecule has 1 atom stereocenters. The first kappa shape index (κ1) is 19.3. The van der Waals surface area contributed by atoms with Gasteiger partial charge < -0.3 is 5.32 Å². The SMILES string of the molecule is CCN(C(=O)c1ccc(C)cc1)c1ccnc(N[C@@H](C)C2CCCCC2)n1. The summed E-state index contributed by atoms with van der Waals surface area (Å²) >= 11 is 0. The summed E-state index contributed by atoms with van der Waals surface area (Å²) in [6.45, 7) is 6.75. The van der Waals surface area contributed by atoms with E-state index in [0.29, 0.717) is 35.8 Å². The van der Waals surface area contributed by atoms with E-state index in [0.717, 1.165) is 5.56 Å². The predicted molar refractivity (Wildman–Crippen MR) is 110 cm³/mol. The predicted octanol–water partition coefficient (Wildman–Crippen LogP) is 4.83. The van der Waals surface area contributed by atoms with E-state index in [1.165, 1.54) is 32.1 Å². The summed E-state index contributed by atoms with van der Waals surface area (Å²) < 4.78 is 0. The highest BCUT2D eigenvalue weighted by atomic mass is 16.2. The van der Waals surface area contributed by atoms with Crippen LogP contribution in [-0.4, -0.2) is 28.5 Å². The van der Waals surface area contributed by atoms with Gasteiger partial charge in [0.2, 0.25) is 5.95 Å². The Labute approximate surface area is 162 Å². The van der Waals surface area contributed by atoms with Crippen LogP contribution >= 0.6 is 0 Å². The largest absolute Gasteiger partial charge is 0.351 e. The number of rotatable bonds is 6. The number of anilines is 2. The van der Waals surface area contributed by atoms with Gasteiger partial charge in [-0.3, -0.25) is 9.69 Å². The summed E-state index contributed by atoms with van der Waals surface area (Å²) in [6, 6.07) is 9.78. The van der Waals surface area contributed by atoms with Crippen molar-refractivity contribution in [2.45, 2.75) is 58.9 Å². The Bertz CT molecular complexity index is 753. The Morgan fingerprint density at radius 1 is 1.19 bits per heavy atom. The normalized spacial score (nSPS) is 16.0. The molecule has 27 heavy (non-hydrogen) atoms. The lowest BCUT2D eigenvalue weighted by molar-refractivity contribution is 0.0987. The van der Waals surface area contributed by atoms with E-state index in [1.807, 2.05) is 38.1 Å². The van der Waals surface area contributed by atoms with E-state index in [1.54, 1.807) is 17.2 Å². The smallest absolute Gasteiger partial charge is 0.259 e. The third kappa shape index (κ3) is 4.85. The monoisotopic (exact) mass is 366 g/mol. The first-order chi connectivity index (χ1) is 13.1. The molecule has 144 valence electrons. The number of nitrogens with one attached hydrogen (secondary N) is 1. The minimum Gasteiger partial charge on any atom is -0.351 e. The molecule has 1 amide bonds. The van der Waals surface area contributed by atoms with Crippen LogP contribution in [0.4, 0.5) is 11.8 Å². The quantitative estimate of drug-likeness (QED) is 0.795. The molecule has 1 aliphatic rings. The third-order valence-corrected chi connectivity index (χ3v) is 5.49. The maximum absolute atomic E-state index is 12.9. The van der Waals surface area contributed by atoms with Crippen molar-refractivity contribution < 1.29 is 4.79 Å². The van der Waals surface area contributed by atoms with Gasteiger partial charge in [-0.25, -0.2) is 4.98 Å². The Morgan fingerprint density at radius 3 is 2.56 bits per heavy atom. The molecule has 0 radical (unpaired) electrons. The molecule has 5 nitrogen and oxygen atoms in total. The molecule has 0 spiro atoms. The van der Waals surface area contributed by atoms with Crippen molar-refractivity contribution in [3.05, 3.63) is 47.7 Å². The van der Waals surface area contributed by atoms with Gasteiger partial charge in [0.1, 0.15) is 5.82 Å². The lowest BCUT2D eigenvalue weighted by Gasteiger charge is -2.28. The van der Waals surface area contributed by atoms with Gasteiger partial charge in [0, 0.05) is 24.3 Å². The zero-order valence-corrected chi connectivity index (χ0v) is 16.6. The van der Waals surface area contributed by atoms with Crippen LogP contribution in [0.3, 0.4) is 0 Å². The van der Waals surface area contributed by atoms with Crippen molar-refractivity contribution in [2.24, 2.45) is 5.92 Å². The molecular weight excluding hydrogens is 336 g/mol. The number of carbonyl (C=O) groups is 1. The fraction of sp³-hybridized carbons (Fsp3) is 0.500. The molecule has 5 heteroatoms. The molecule has 1 N–H and O–H groups in total. The van der Waals surface area contributed by atoms with Crippen LogP contribution in [0.25, 0.3) is 0 Å². The van der Waals surface area contributed by atoms with Gasteiger partial charge in [-0.1, -0.05) is 37.0 Å². The molecule has 1 aliphatic carbocycles. The highest BCUT2D eigenvalue weighted by molar-refractivity contribution is 6.05. The molecule has 1 heterocycles. The Kier molecular flexibility index (Phi) is 6.43. The number of benzene rings is 1. The Balaban J connectivity index is 1.74. The second kappa shape index (κ2) is 8.98. The number of carbonyl (C=O) groups excluding carboxylic acids is 1. The first-order valence-corrected chi connectivity index (χ1v) is 10.1. The molecule has 1 aromatic carbocycles. The highest BCUT2D eigenvalue weighted by Crippen LogP contribution is 2.27. The Morgan fingerprint density at radius 2 is 1.89 bits per heavy atom. The zero-order chi connectivity index (χ0) is 19.2. The zero-order valence-electron chi connectivity index (χ0n) is 16.6. The van der Waals surface area contributed by atoms with E-state index >= 15 is 0 Å². The van der Waals surface area contributed by atoms with Crippen molar-refractivity contribution >= 4 is 17.7 Å². The van der Waals surface area contributed by atoms with Gasteiger partial charge in [0.25, 0.3) is 5.91 Å². The van der Waals surface area contributed by atoms with E-state index in [2.05, 4.69) is 22.2 Å². The van der Waals surface area contributed by atoms with E-state index in [4.69, 9.17) is 0 Å². The summed E-state index contributed by atoms with van der Waals surface area (Å²) in [6.07, 6.45) is 8.23. The van der Waals surface area contributed by atoms with Gasteiger partial charge in [0.05, 0.1) is 0 Å². The van der Waals surface area contributed by atoms with Gasteiger partial charge in [-0.15, -0.1) is 0 Å². The van der Waals surface area contributed by atoms with E-state index < -0.39 is 0 Å². The van der Waals surface area contributed by atoms with E-state index in [-0.39, 0.29) is 5.91 Å².